The van der Waals surface area contributed by atoms with Crippen LogP contribution in [-0.2, 0) is 10.0 Å². The van der Waals surface area contributed by atoms with Gasteiger partial charge in [0.05, 0.1) is 23.4 Å². The SMILES string of the molecule is C[C@@H](c1cc(Cl)cc(Cl)c1)N1CCC(COc2cc(F)c(C(=O)NS(C)(=O)=O)cc2Cl)CC1. The first kappa shape index (κ1) is 26.0. The largest absolute Gasteiger partial charge is 0.492 e. The lowest BCUT2D eigenvalue weighted by atomic mass is 9.95. The summed E-state index contributed by atoms with van der Waals surface area (Å²) in [7, 11) is -3.83. The smallest absolute Gasteiger partial charge is 0.267 e. The molecule has 0 spiro atoms. The number of sulfonamides is 1. The number of nitrogens with zero attached hydrogens (tertiary/aromatic N) is 1. The molecule has 0 aliphatic carbocycles. The van der Waals surface area contributed by atoms with Crippen molar-refractivity contribution >= 4 is 50.7 Å². The summed E-state index contributed by atoms with van der Waals surface area (Å²) < 4.78 is 44.2. The van der Waals surface area contributed by atoms with Crippen LogP contribution in [0.3, 0.4) is 0 Å². The van der Waals surface area contributed by atoms with Crippen LogP contribution >= 0.6 is 34.8 Å². The van der Waals surface area contributed by atoms with Gasteiger partial charge in [0.1, 0.15) is 11.6 Å². The molecule has 3 rings (SSSR count). The normalized spacial score (nSPS) is 16.4. The molecule has 0 aromatic heterocycles. The lowest BCUT2D eigenvalue weighted by Crippen LogP contribution is -2.37. The van der Waals surface area contributed by atoms with Crippen LogP contribution < -0.4 is 9.46 Å². The Morgan fingerprint density at radius 1 is 1.15 bits per heavy atom. The number of rotatable bonds is 7. The van der Waals surface area contributed by atoms with Gasteiger partial charge in [0, 0.05) is 22.2 Å². The highest BCUT2D eigenvalue weighted by molar-refractivity contribution is 7.89. The van der Waals surface area contributed by atoms with Crippen LogP contribution in [-0.4, -0.2) is 45.2 Å². The molecule has 11 heteroatoms. The number of hydrogen-bond donors (Lipinski definition) is 1. The molecule has 1 N–H and O–H groups in total. The van der Waals surface area contributed by atoms with E-state index in [1.165, 1.54) is 0 Å². The standard InChI is InChI=1S/C22H24Cl3FN2O4S/c1-13(15-7-16(23)9-17(24)8-15)28-5-3-14(4-6-28)12-32-21-11-20(26)18(10-19(21)25)22(29)27-33(2,30)31/h7-11,13-14H,3-6,12H2,1-2H3,(H,27,29)/t13-/m0/s1. The number of amides is 1. The first-order valence-corrected chi connectivity index (χ1v) is 13.3. The van der Waals surface area contributed by atoms with Gasteiger partial charge in [-0.15, -0.1) is 0 Å². The summed E-state index contributed by atoms with van der Waals surface area (Å²) in [5.74, 6) is -1.65. The summed E-state index contributed by atoms with van der Waals surface area (Å²) in [4.78, 5) is 14.3. The maximum atomic E-state index is 14.4. The van der Waals surface area contributed by atoms with Gasteiger partial charge in [-0.3, -0.25) is 9.69 Å². The molecule has 2 aromatic rings. The number of carbonyl (C=O) groups is 1. The quantitative estimate of drug-likeness (QED) is 0.517. The minimum absolute atomic E-state index is 0.0268. The van der Waals surface area contributed by atoms with Crippen molar-refractivity contribution in [2.45, 2.75) is 25.8 Å². The van der Waals surface area contributed by atoms with E-state index < -0.39 is 27.3 Å². The molecule has 1 fully saturated rings. The molecule has 180 valence electrons. The van der Waals surface area contributed by atoms with Gasteiger partial charge in [0.2, 0.25) is 10.0 Å². The molecule has 2 aromatic carbocycles. The Labute approximate surface area is 208 Å². The van der Waals surface area contributed by atoms with Crippen LogP contribution in [0.15, 0.2) is 30.3 Å². The number of nitrogens with one attached hydrogen (secondary N) is 1. The molecule has 6 nitrogen and oxygen atoms in total. The van der Waals surface area contributed by atoms with Gasteiger partial charge in [0.25, 0.3) is 5.91 Å². The number of benzene rings is 2. The molecule has 1 atom stereocenters. The van der Waals surface area contributed by atoms with Gasteiger partial charge in [-0.2, -0.15) is 0 Å². The zero-order valence-electron chi connectivity index (χ0n) is 18.1. The lowest BCUT2D eigenvalue weighted by molar-refractivity contribution is 0.0977. The highest BCUT2D eigenvalue weighted by atomic mass is 35.5. The second-order valence-corrected chi connectivity index (χ2v) is 11.2. The number of piperidine rings is 1. The lowest BCUT2D eigenvalue weighted by Gasteiger charge is -2.36. The molecule has 1 amide bonds. The summed E-state index contributed by atoms with van der Waals surface area (Å²) in [5, 5.41) is 1.24. The van der Waals surface area contributed by atoms with E-state index in [2.05, 4.69) is 11.8 Å². The number of ether oxygens (including phenoxy) is 1. The van der Waals surface area contributed by atoms with Crippen molar-refractivity contribution in [2.24, 2.45) is 5.92 Å². The zero-order chi connectivity index (χ0) is 24.3. The van der Waals surface area contributed by atoms with Crippen LogP contribution in [0.5, 0.6) is 5.75 Å². The number of likely N-dealkylation sites (tertiary alicyclic amines) is 1. The third-order valence-electron chi connectivity index (χ3n) is 5.58. The van der Waals surface area contributed by atoms with E-state index in [-0.39, 0.29) is 22.7 Å². The van der Waals surface area contributed by atoms with Crippen LogP contribution in [0.4, 0.5) is 4.39 Å². The van der Waals surface area contributed by atoms with E-state index in [9.17, 15) is 17.6 Å². The predicted molar refractivity (Wildman–Crippen MR) is 128 cm³/mol. The highest BCUT2D eigenvalue weighted by Gasteiger charge is 2.25. The molecule has 0 unspecified atom stereocenters. The van der Waals surface area contributed by atoms with Crippen molar-refractivity contribution in [2.75, 3.05) is 26.0 Å². The topological polar surface area (TPSA) is 75.7 Å². The van der Waals surface area contributed by atoms with E-state index in [1.54, 1.807) is 10.8 Å². The van der Waals surface area contributed by atoms with Crippen LogP contribution in [0.25, 0.3) is 0 Å². The second kappa shape index (κ2) is 10.8. The van der Waals surface area contributed by atoms with Crippen molar-refractivity contribution < 1.29 is 22.3 Å². The Bertz CT molecular complexity index is 1120. The average molecular weight is 538 g/mol. The molecule has 0 radical (unpaired) electrons. The van der Waals surface area contributed by atoms with Crippen molar-refractivity contribution in [1.82, 2.24) is 9.62 Å². The summed E-state index contributed by atoms with van der Waals surface area (Å²) >= 11 is 18.4. The van der Waals surface area contributed by atoms with Crippen LogP contribution in [0.1, 0.15) is 41.7 Å². The summed E-state index contributed by atoms with van der Waals surface area (Å²) in [6, 6.07) is 7.78. The van der Waals surface area contributed by atoms with Gasteiger partial charge in [-0.05, 0) is 68.6 Å². The van der Waals surface area contributed by atoms with Crippen molar-refractivity contribution in [3.05, 3.63) is 62.3 Å². The minimum Gasteiger partial charge on any atom is -0.492 e. The second-order valence-electron chi connectivity index (χ2n) is 8.13. The van der Waals surface area contributed by atoms with Crippen molar-refractivity contribution in [3.63, 3.8) is 0 Å². The maximum Gasteiger partial charge on any atom is 0.267 e. The predicted octanol–water partition coefficient (Wildman–Crippen LogP) is 5.33. The number of hydrogen-bond acceptors (Lipinski definition) is 5. The minimum atomic E-state index is -3.83. The zero-order valence-corrected chi connectivity index (χ0v) is 21.2. The monoisotopic (exact) mass is 536 g/mol. The third kappa shape index (κ3) is 7.20. The Balaban J connectivity index is 1.56. The van der Waals surface area contributed by atoms with Gasteiger partial charge in [0.15, 0.2) is 0 Å². The van der Waals surface area contributed by atoms with E-state index in [0.29, 0.717) is 16.7 Å². The fourth-order valence-electron chi connectivity index (χ4n) is 3.78. The van der Waals surface area contributed by atoms with Crippen molar-refractivity contribution in [3.8, 4) is 5.75 Å². The Morgan fingerprint density at radius 2 is 1.76 bits per heavy atom. The van der Waals surface area contributed by atoms with E-state index in [0.717, 1.165) is 49.9 Å². The average Bonchev–Trinajstić information content (AvgIpc) is 2.72. The maximum absolute atomic E-state index is 14.4. The van der Waals surface area contributed by atoms with Gasteiger partial charge < -0.3 is 4.74 Å². The Hall–Kier alpha value is -1.58. The van der Waals surface area contributed by atoms with Crippen LogP contribution in [0.2, 0.25) is 15.1 Å². The summed E-state index contributed by atoms with van der Waals surface area (Å²) in [5.41, 5.74) is 0.589. The summed E-state index contributed by atoms with van der Waals surface area (Å²) in [6.45, 7) is 4.17. The molecule has 0 saturated carbocycles. The van der Waals surface area contributed by atoms with Crippen LogP contribution in [0, 0.1) is 11.7 Å². The number of halogens is 4. The van der Waals surface area contributed by atoms with E-state index in [4.69, 9.17) is 39.5 Å². The first-order chi connectivity index (χ1) is 15.4. The molecule has 1 heterocycles. The molecular weight excluding hydrogens is 514 g/mol. The van der Waals surface area contributed by atoms with Gasteiger partial charge >= 0.3 is 0 Å². The van der Waals surface area contributed by atoms with Gasteiger partial charge in [-0.1, -0.05) is 34.8 Å². The third-order valence-corrected chi connectivity index (χ3v) is 6.87. The highest BCUT2D eigenvalue weighted by Crippen LogP contribution is 2.32. The molecule has 33 heavy (non-hydrogen) atoms. The molecule has 1 aliphatic heterocycles. The van der Waals surface area contributed by atoms with E-state index in [1.807, 2.05) is 12.1 Å². The van der Waals surface area contributed by atoms with E-state index >= 15 is 0 Å². The fourth-order valence-corrected chi connectivity index (χ4v) is 4.99. The summed E-state index contributed by atoms with van der Waals surface area (Å²) in [6.07, 6.45) is 2.57. The Kier molecular flexibility index (Phi) is 8.50. The molecule has 1 aliphatic rings. The Morgan fingerprint density at radius 3 is 2.33 bits per heavy atom. The molecule has 1 saturated heterocycles. The number of carbonyl (C=O) groups excluding carboxylic acids is 1. The van der Waals surface area contributed by atoms with Gasteiger partial charge in [-0.25, -0.2) is 17.5 Å². The first-order valence-electron chi connectivity index (χ1n) is 10.3. The van der Waals surface area contributed by atoms with Crippen molar-refractivity contribution in [1.29, 1.82) is 0 Å². The fraction of sp³-hybridized carbons (Fsp3) is 0.409. The molecule has 0 bridgehead atoms. The molecular formula is C22H24Cl3FN2O4S.